The molecule has 0 aliphatic rings. The minimum atomic E-state index is -0.596. The van der Waals surface area contributed by atoms with Gasteiger partial charge in [0.1, 0.15) is 0 Å². The highest BCUT2D eigenvalue weighted by Crippen LogP contribution is 2.22. The molecule has 0 saturated heterocycles. The summed E-state index contributed by atoms with van der Waals surface area (Å²) in [6.07, 6.45) is 0. The van der Waals surface area contributed by atoms with Gasteiger partial charge in [-0.2, -0.15) is 0 Å². The second-order valence-electron chi connectivity index (χ2n) is 2.90. The summed E-state index contributed by atoms with van der Waals surface area (Å²) < 4.78 is 0. The van der Waals surface area contributed by atoms with Gasteiger partial charge < -0.3 is 10.4 Å². The van der Waals surface area contributed by atoms with Crippen molar-refractivity contribution in [1.82, 2.24) is 5.32 Å². The van der Waals surface area contributed by atoms with Gasteiger partial charge in [0, 0.05) is 18.7 Å². The number of carbonyl (C=O) groups excluding carboxylic acids is 1. The zero-order chi connectivity index (χ0) is 12.1. The lowest BCUT2D eigenvalue weighted by atomic mass is 10.2. The quantitative estimate of drug-likeness (QED) is 0.610. The molecule has 0 saturated carbocycles. The van der Waals surface area contributed by atoms with Crippen LogP contribution in [0.5, 0.6) is 0 Å². The topological polar surface area (TPSA) is 92.5 Å². The first kappa shape index (κ1) is 12.4. The summed E-state index contributed by atoms with van der Waals surface area (Å²) in [7, 11) is 0. The first-order valence-electron chi connectivity index (χ1n) is 4.39. The summed E-state index contributed by atoms with van der Waals surface area (Å²) in [5.41, 5.74) is -0.0376. The molecule has 86 valence electrons. The molecule has 0 unspecified atom stereocenters. The number of nitro benzene ring substituents is 1. The standard InChI is InChI=1S/C9H9ClN2O4/c10-8-5-6(12(15)16)1-2-7(8)9(14)11-3-4-13/h1-2,5,13H,3-4H2,(H,11,14). The van der Waals surface area contributed by atoms with E-state index in [1.807, 2.05) is 0 Å². The van der Waals surface area contributed by atoms with E-state index in [1.54, 1.807) is 0 Å². The van der Waals surface area contributed by atoms with Crippen molar-refractivity contribution in [3.05, 3.63) is 38.9 Å². The summed E-state index contributed by atoms with van der Waals surface area (Å²) in [4.78, 5) is 21.3. The van der Waals surface area contributed by atoms with Gasteiger partial charge in [-0.3, -0.25) is 14.9 Å². The monoisotopic (exact) mass is 244 g/mol. The van der Waals surface area contributed by atoms with E-state index in [-0.39, 0.29) is 29.4 Å². The number of rotatable bonds is 4. The van der Waals surface area contributed by atoms with Gasteiger partial charge in [0.25, 0.3) is 11.6 Å². The molecule has 0 spiro atoms. The Hall–Kier alpha value is -1.66. The third-order valence-corrected chi connectivity index (χ3v) is 2.12. The van der Waals surface area contributed by atoms with Crippen molar-refractivity contribution in [3.8, 4) is 0 Å². The summed E-state index contributed by atoms with van der Waals surface area (Å²) in [5, 5.41) is 21.3. The molecule has 0 heterocycles. The molecular weight excluding hydrogens is 236 g/mol. The van der Waals surface area contributed by atoms with E-state index >= 15 is 0 Å². The van der Waals surface area contributed by atoms with E-state index in [2.05, 4.69) is 5.32 Å². The number of benzene rings is 1. The zero-order valence-corrected chi connectivity index (χ0v) is 8.90. The van der Waals surface area contributed by atoms with Crippen molar-refractivity contribution in [2.45, 2.75) is 0 Å². The number of non-ortho nitro benzene ring substituents is 1. The molecule has 0 aliphatic carbocycles. The molecule has 6 nitrogen and oxygen atoms in total. The third-order valence-electron chi connectivity index (χ3n) is 1.81. The molecule has 7 heteroatoms. The van der Waals surface area contributed by atoms with Crippen molar-refractivity contribution in [1.29, 1.82) is 0 Å². The van der Waals surface area contributed by atoms with Crippen LogP contribution in [-0.4, -0.2) is 29.1 Å². The van der Waals surface area contributed by atoms with E-state index in [9.17, 15) is 14.9 Å². The van der Waals surface area contributed by atoms with Gasteiger partial charge in [0.15, 0.2) is 0 Å². The summed E-state index contributed by atoms with van der Waals surface area (Å²) in [6.45, 7) is -0.0809. The Kier molecular flexibility index (Phi) is 4.21. The predicted molar refractivity (Wildman–Crippen MR) is 57.5 cm³/mol. The number of nitro groups is 1. The molecule has 1 rings (SSSR count). The van der Waals surface area contributed by atoms with Crippen LogP contribution in [0.2, 0.25) is 5.02 Å². The Bertz CT molecular complexity index is 422. The van der Waals surface area contributed by atoms with Gasteiger partial charge in [0.05, 0.1) is 22.1 Å². The van der Waals surface area contributed by atoms with Crippen molar-refractivity contribution >= 4 is 23.2 Å². The fourth-order valence-corrected chi connectivity index (χ4v) is 1.33. The lowest BCUT2D eigenvalue weighted by molar-refractivity contribution is -0.384. The SMILES string of the molecule is O=C(NCCO)c1ccc([N+](=O)[O-])cc1Cl. The van der Waals surface area contributed by atoms with Gasteiger partial charge in [-0.25, -0.2) is 0 Å². The molecule has 2 N–H and O–H groups in total. The number of halogens is 1. The molecule has 0 atom stereocenters. The number of nitrogens with zero attached hydrogens (tertiary/aromatic N) is 1. The molecular formula is C9H9ClN2O4. The Morgan fingerprint density at radius 3 is 2.75 bits per heavy atom. The van der Waals surface area contributed by atoms with Crippen LogP contribution in [0.15, 0.2) is 18.2 Å². The molecule has 1 aromatic rings. The highest BCUT2D eigenvalue weighted by atomic mass is 35.5. The summed E-state index contributed by atoms with van der Waals surface area (Å²) >= 11 is 5.72. The molecule has 1 aromatic carbocycles. The van der Waals surface area contributed by atoms with Gasteiger partial charge >= 0.3 is 0 Å². The number of amides is 1. The smallest absolute Gasteiger partial charge is 0.270 e. The number of carbonyl (C=O) groups is 1. The Balaban J connectivity index is 2.90. The first-order valence-corrected chi connectivity index (χ1v) is 4.77. The summed E-state index contributed by atoms with van der Waals surface area (Å²) in [6, 6.07) is 3.57. The number of aliphatic hydroxyl groups is 1. The average molecular weight is 245 g/mol. The largest absolute Gasteiger partial charge is 0.395 e. The maximum Gasteiger partial charge on any atom is 0.270 e. The summed E-state index contributed by atoms with van der Waals surface area (Å²) in [5.74, 6) is -0.478. The van der Waals surface area contributed by atoms with Crippen LogP contribution in [0.25, 0.3) is 0 Å². The van der Waals surface area contributed by atoms with E-state index in [0.717, 1.165) is 6.07 Å². The third kappa shape index (κ3) is 2.91. The van der Waals surface area contributed by atoms with Crippen LogP contribution >= 0.6 is 11.6 Å². The van der Waals surface area contributed by atoms with E-state index in [1.165, 1.54) is 12.1 Å². The van der Waals surface area contributed by atoms with Gasteiger partial charge in [-0.05, 0) is 6.07 Å². The Morgan fingerprint density at radius 1 is 1.56 bits per heavy atom. The van der Waals surface area contributed by atoms with Crippen molar-refractivity contribution in [3.63, 3.8) is 0 Å². The van der Waals surface area contributed by atoms with Crippen LogP contribution < -0.4 is 5.32 Å². The van der Waals surface area contributed by atoms with Crippen molar-refractivity contribution in [2.75, 3.05) is 13.2 Å². The van der Waals surface area contributed by atoms with Crippen molar-refractivity contribution < 1.29 is 14.8 Å². The maximum absolute atomic E-state index is 11.4. The number of nitrogens with one attached hydrogen (secondary N) is 1. The molecule has 0 radical (unpaired) electrons. The first-order chi connectivity index (χ1) is 7.56. The lowest BCUT2D eigenvalue weighted by Crippen LogP contribution is -2.26. The molecule has 16 heavy (non-hydrogen) atoms. The predicted octanol–water partition coefficient (Wildman–Crippen LogP) is 0.970. The lowest BCUT2D eigenvalue weighted by Gasteiger charge is -2.04. The van der Waals surface area contributed by atoms with Gasteiger partial charge in [-0.1, -0.05) is 11.6 Å². The average Bonchev–Trinajstić information content (AvgIpc) is 2.25. The minimum Gasteiger partial charge on any atom is -0.395 e. The molecule has 0 aromatic heterocycles. The molecule has 1 amide bonds. The maximum atomic E-state index is 11.4. The van der Waals surface area contributed by atoms with Crippen LogP contribution in [0.1, 0.15) is 10.4 Å². The van der Waals surface area contributed by atoms with Crippen LogP contribution in [0, 0.1) is 10.1 Å². The normalized spacial score (nSPS) is 9.88. The van der Waals surface area contributed by atoms with Gasteiger partial charge in [0.2, 0.25) is 0 Å². The number of aliphatic hydroxyl groups excluding tert-OH is 1. The fraction of sp³-hybridized carbons (Fsp3) is 0.222. The number of hydrogen-bond acceptors (Lipinski definition) is 4. The highest BCUT2D eigenvalue weighted by Gasteiger charge is 2.14. The highest BCUT2D eigenvalue weighted by molar-refractivity contribution is 6.34. The second-order valence-corrected chi connectivity index (χ2v) is 3.31. The minimum absolute atomic E-state index is 0.00430. The Morgan fingerprint density at radius 2 is 2.25 bits per heavy atom. The zero-order valence-electron chi connectivity index (χ0n) is 8.14. The number of hydrogen-bond donors (Lipinski definition) is 2. The molecule has 0 bridgehead atoms. The van der Waals surface area contributed by atoms with Crippen LogP contribution in [0.4, 0.5) is 5.69 Å². The van der Waals surface area contributed by atoms with E-state index < -0.39 is 10.8 Å². The fourth-order valence-electron chi connectivity index (χ4n) is 1.07. The van der Waals surface area contributed by atoms with E-state index in [4.69, 9.17) is 16.7 Å². The molecule has 0 aliphatic heterocycles. The second kappa shape index (κ2) is 5.43. The Labute approximate surface area is 96.0 Å². The van der Waals surface area contributed by atoms with Crippen LogP contribution in [0.3, 0.4) is 0 Å². The van der Waals surface area contributed by atoms with Crippen molar-refractivity contribution in [2.24, 2.45) is 0 Å². The van der Waals surface area contributed by atoms with Crippen LogP contribution in [-0.2, 0) is 0 Å². The molecule has 0 fully saturated rings. The van der Waals surface area contributed by atoms with Gasteiger partial charge in [-0.15, -0.1) is 0 Å². The van der Waals surface area contributed by atoms with E-state index in [0.29, 0.717) is 0 Å².